The lowest BCUT2D eigenvalue weighted by Crippen LogP contribution is -2.30. The third-order valence-corrected chi connectivity index (χ3v) is 3.98. The molecule has 1 aromatic rings. The standard InChI is InChI=1S/C16H24Cl2N2O2/c1-3-11(2)13-8-12(17)9-14(18)16(13)22-10-15(21)20-7-5-4-6-19/h8-9,11H,3-7,10,19H2,1-2H3,(H,20,21). The lowest BCUT2D eigenvalue weighted by molar-refractivity contribution is -0.123. The van der Waals surface area contributed by atoms with Crippen molar-refractivity contribution in [1.29, 1.82) is 0 Å². The zero-order valence-electron chi connectivity index (χ0n) is 13.1. The number of unbranched alkanes of at least 4 members (excludes halogenated alkanes) is 1. The van der Waals surface area contributed by atoms with Crippen molar-refractivity contribution in [2.24, 2.45) is 5.73 Å². The number of nitrogens with one attached hydrogen (secondary N) is 1. The molecule has 0 saturated carbocycles. The van der Waals surface area contributed by atoms with Gasteiger partial charge in [-0.3, -0.25) is 4.79 Å². The second-order valence-electron chi connectivity index (χ2n) is 5.25. The van der Waals surface area contributed by atoms with E-state index in [1.807, 2.05) is 6.07 Å². The fraction of sp³-hybridized carbons (Fsp3) is 0.562. The first-order valence-corrected chi connectivity index (χ1v) is 8.33. The lowest BCUT2D eigenvalue weighted by Gasteiger charge is -2.17. The second-order valence-corrected chi connectivity index (χ2v) is 6.09. The van der Waals surface area contributed by atoms with E-state index in [1.165, 1.54) is 0 Å². The maximum Gasteiger partial charge on any atom is 0.257 e. The monoisotopic (exact) mass is 346 g/mol. The van der Waals surface area contributed by atoms with Crippen LogP contribution in [0.15, 0.2) is 12.1 Å². The van der Waals surface area contributed by atoms with Gasteiger partial charge in [-0.2, -0.15) is 0 Å². The van der Waals surface area contributed by atoms with Gasteiger partial charge in [0.1, 0.15) is 5.75 Å². The average molecular weight is 347 g/mol. The smallest absolute Gasteiger partial charge is 0.257 e. The Morgan fingerprint density at radius 3 is 2.73 bits per heavy atom. The second kappa shape index (κ2) is 9.93. The van der Waals surface area contributed by atoms with Crippen LogP contribution >= 0.6 is 23.2 Å². The van der Waals surface area contributed by atoms with E-state index in [0.29, 0.717) is 28.9 Å². The van der Waals surface area contributed by atoms with Crippen LogP contribution in [0.1, 0.15) is 44.6 Å². The van der Waals surface area contributed by atoms with Crippen LogP contribution < -0.4 is 15.8 Å². The van der Waals surface area contributed by atoms with Gasteiger partial charge in [-0.15, -0.1) is 0 Å². The SMILES string of the molecule is CCC(C)c1cc(Cl)cc(Cl)c1OCC(=O)NCCCCN. The van der Waals surface area contributed by atoms with Gasteiger partial charge in [0.15, 0.2) is 6.61 Å². The highest BCUT2D eigenvalue weighted by Crippen LogP contribution is 2.37. The summed E-state index contributed by atoms with van der Waals surface area (Å²) in [4.78, 5) is 11.8. The minimum Gasteiger partial charge on any atom is -0.482 e. The fourth-order valence-electron chi connectivity index (χ4n) is 2.00. The Labute approximate surface area is 142 Å². The first-order chi connectivity index (χ1) is 10.5. The van der Waals surface area contributed by atoms with Crippen LogP contribution in [0.5, 0.6) is 5.75 Å². The third kappa shape index (κ3) is 6.03. The van der Waals surface area contributed by atoms with E-state index in [-0.39, 0.29) is 18.4 Å². The number of benzene rings is 1. The molecule has 0 radical (unpaired) electrons. The molecule has 0 fully saturated rings. The summed E-state index contributed by atoms with van der Waals surface area (Å²) < 4.78 is 5.64. The number of hydrogen-bond acceptors (Lipinski definition) is 3. The van der Waals surface area contributed by atoms with Crippen molar-refractivity contribution in [3.63, 3.8) is 0 Å². The minimum atomic E-state index is -0.168. The molecule has 1 amide bonds. The van der Waals surface area contributed by atoms with Gasteiger partial charge in [0.25, 0.3) is 5.91 Å². The fourth-order valence-corrected chi connectivity index (χ4v) is 2.57. The van der Waals surface area contributed by atoms with Crippen LogP contribution in [0.2, 0.25) is 10.0 Å². The van der Waals surface area contributed by atoms with Gasteiger partial charge in [-0.25, -0.2) is 0 Å². The highest BCUT2D eigenvalue weighted by molar-refractivity contribution is 6.35. The van der Waals surface area contributed by atoms with E-state index in [9.17, 15) is 4.79 Å². The van der Waals surface area contributed by atoms with Crippen molar-refractivity contribution in [3.8, 4) is 5.75 Å². The molecule has 6 heteroatoms. The summed E-state index contributed by atoms with van der Waals surface area (Å²) in [6.07, 6.45) is 2.68. The first-order valence-electron chi connectivity index (χ1n) is 7.58. The maximum absolute atomic E-state index is 11.8. The third-order valence-electron chi connectivity index (χ3n) is 3.48. The molecule has 0 spiro atoms. The molecule has 4 nitrogen and oxygen atoms in total. The molecule has 0 aromatic heterocycles. The van der Waals surface area contributed by atoms with E-state index in [0.717, 1.165) is 24.8 Å². The zero-order valence-corrected chi connectivity index (χ0v) is 14.6. The maximum atomic E-state index is 11.8. The van der Waals surface area contributed by atoms with E-state index >= 15 is 0 Å². The van der Waals surface area contributed by atoms with Crippen LogP contribution in [0.25, 0.3) is 0 Å². The topological polar surface area (TPSA) is 64.3 Å². The quantitative estimate of drug-likeness (QED) is 0.669. The molecule has 0 aliphatic heterocycles. The highest BCUT2D eigenvalue weighted by Gasteiger charge is 2.16. The van der Waals surface area contributed by atoms with Gasteiger partial charge >= 0.3 is 0 Å². The normalized spacial score (nSPS) is 12.0. The van der Waals surface area contributed by atoms with Crippen molar-refractivity contribution >= 4 is 29.1 Å². The summed E-state index contributed by atoms with van der Waals surface area (Å²) in [5.41, 5.74) is 6.33. The number of ether oxygens (including phenoxy) is 1. The van der Waals surface area contributed by atoms with E-state index in [2.05, 4.69) is 19.2 Å². The first kappa shape index (κ1) is 19.1. The predicted octanol–water partition coefficient (Wildman–Crippen LogP) is 3.74. The van der Waals surface area contributed by atoms with E-state index in [1.54, 1.807) is 6.07 Å². The van der Waals surface area contributed by atoms with Crippen molar-refractivity contribution in [1.82, 2.24) is 5.32 Å². The van der Waals surface area contributed by atoms with Crippen molar-refractivity contribution in [2.75, 3.05) is 19.7 Å². The summed E-state index contributed by atoms with van der Waals surface area (Å²) in [5, 5.41) is 3.79. The van der Waals surface area contributed by atoms with Gasteiger partial charge in [-0.1, -0.05) is 37.0 Å². The molecule has 0 heterocycles. The van der Waals surface area contributed by atoms with Crippen molar-refractivity contribution in [3.05, 3.63) is 27.7 Å². The number of amides is 1. The molecule has 3 N–H and O–H groups in total. The van der Waals surface area contributed by atoms with Crippen LogP contribution in [-0.4, -0.2) is 25.6 Å². The molecule has 1 unspecified atom stereocenters. The Morgan fingerprint density at radius 2 is 2.09 bits per heavy atom. The Kier molecular flexibility index (Phi) is 8.61. The minimum absolute atomic E-state index is 0.0621. The number of carbonyl (C=O) groups excluding carboxylic acids is 1. The highest BCUT2D eigenvalue weighted by atomic mass is 35.5. The summed E-state index contributed by atoms with van der Waals surface area (Å²) in [7, 11) is 0. The molecule has 0 aliphatic rings. The Bertz CT molecular complexity index is 495. The Hall–Kier alpha value is -0.970. The number of halogens is 2. The van der Waals surface area contributed by atoms with Gasteiger partial charge in [0.05, 0.1) is 5.02 Å². The zero-order chi connectivity index (χ0) is 16.5. The lowest BCUT2D eigenvalue weighted by atomic mass is 9.98. The molecule has 1 rings (SSSR count). The molecule has 0 bridgehead atoms. The average Bonchev–Trinajstić information content (AvgIpc) is 2.49. The summed E-state index contributed by atoms with van der Waals surface area (Å²) in [6.45, 7) is 5.32. The summed E-state index contributed by atoms with van der Waals surface area (Å²) in [5.74, 6) is 0.620. The van der Waals surface area contributed by atoms with Crippen molar-refractivity contribution in [2.45, 2.75) is 39.0 Å². The molecule has 1 atom stereocenters. The summed E-state index contributed by atoms with van der Waals surface area (Å²) >= 11 is 12.3. The Morgan fingerprint density at radius 1 is 1.36 bits per heavy atom. The van der Waals surface area contributed by atoms with Crippen LogP contribution in [0.3, 0.4) is 0 Å². The molecule has 1 aromatic carbocycles. The van der Waals surface area contributed by atoms with Crippen LogP contribution in [0.4, 0.5) is 0 Å². The van der Waals surface area contributed by atoms with Gasteiger partial charge in [0, 0.05) is 11.6 Å². The van der Waals surface area contributed by atoms with E-state index in [4.69, 9.17) is 33.7 Å². The number of rotatable bonds is 9. The number of hydrogen-bond donors (Lipinski definition) is 2. The largest absolute Gasteiger partial charge is 0.482 e. The predicted molar refractivity (Wildman–Crippen MR) is 92.0 cm³/mol. The molecular weight excluding hydrogens is 323 g/mol. The molecular formula is C16H24Cl2N2O2. The van der Waals surface area contributed by atoms with Crippen LogP contribution in [0, 0.1) is 0 Å². The molecule has 124 valence electrons. The van der Waals surface area contributed by atoms with E-state index < -0.39 is 0 Å². The number of nitrogens with two attached hydrogens (primary N) is 1. The molecule has 0 aliphatic carbocycles. The number of carbonyl (C=O) groups is 1. The summed E-state index contributed by atoms with van der Waals surface area (Å²) in [6, 6.07) is 3.47. The molecule has 0 saturated heterocycles. The molecule has 22 heavy (non-hydrogen) atoms. The van der Waals surface area contributed by atoms with Gasteiger partial charge in [0.2, 0.25) is 0 Å². The van der Waals surface area contributed by atoms with Crippen molar-refractivity contribution < 1.29 is 9.53 Å². The Balaban J connectivity index is 2.66. The van der Waals surface area contributed by atoms with Gasteiger partial charge < -0.3 is 15.8 Å². The van der Waals surface area contributed by atoms with Gasteiger partial charge in [-0.05, 0) is 49.4 Å². The van der Waals surface area contributed by atoms with Crippen LogP contribution in [-0.2, 0) is 4.79 Å².